The first-order valence-electron chi connectivity index (χ1n) is 4.44. The lowest BCUT2D eigenvalue weighted by atomic mass is 9.92. The first-order valence-corrected chi connectivity index (χ1v) is 4.44. The largest absolute Gasteiger partial charge is 0.303 e. The summed E-state index contributed by atoms with van der Waals surface area (Å²) in [7, 11) is 2.24. The molecule has 0 aromatic carbocycles. The van der Waals surface area contributed by atoms with Crippen LogP contribution in [0.1, 0.15) is 33.1 Å². The van der Waals surface area contributed by atoms with Gasteiger partial charge in [-0.15, -0.1) is 0 Å². The summed E-state index contributed by atoms with van der Waals surface area (Å²) in [5.41, 5.74) is 0. The Balaban J connectivity index is 2.33. The highest BCUT2D eigenvalue weighted by molar-refractivity contribution is 4.75. The third-order valence-electron chi connectivity index (χ3n) is 2.87. The van der Waals surface area contributed by atoms with Crippen LogP contribution in [0.2, 0.25) is 0 Å². The molecule has 1 fully saturated rings. The van der Waals surface area contributed by atoms with Crippen molar-refractivity contribution in [1.29, 1.82) is 0 Å². The first kappa shape index (κ1) is 8.06. The summed E-state index contributed by atoms with van der Waals surface area (Å²) >= 11 is 0. The van der Waals surface area contributed by atoms with Gasteiger partial charge in [-0.3, -0.25) is 0 Å². The SMILES string of the molecule is CC[C@@H]1CCC(C)N(C)C1. The minimum absolute atomic E-state index is 0.822. The van der Waals surface area contributed by atoms with Gasteiger partial charge in [-0.05, 0) is 32.7 Å². The number of likely N-dealkylation sites (tertiary alicyclic amines) is 1. The Kier molecular flexibility index (Phi) is 2.72. The van der Waals surface area contributed by atoms with Gasteiger partial charge in [-0.2, -0.15) is 0 Å². The van der Waals surface area contributed by atoms with Crippen molar-refractivity contribution in [3.05, 3.63) is 0 Å². The molecule has 1 saturated heterocycles. The lowest BCUT2D eigenvalue weighted by Crippen LogP contribution is -2.38. The smallest absolute Gasteiger partial charge is 0.00641 e. The van der Waals surface area contributed by atoms with Gasteiger partial charge in [0.1, 0.15) is 0 Å². The quantitative estimate of drug-likeness (QED) is 0.540. The summed E-state index contributed by atoms with van der Waals surface area (Å²) in [6, 6.07) is 0.822. The van der Waals surface area contributed by atoms with Crippen LogP contribution < -0.4 is 0 Å². The fourth-order valence-electron chi connectivity index (χ4n) is 1.71. The minimum atomic E-state index is 0.822. The fraction of sp³-hybridized carbons (Fsp3) is 1.00. The summed E-state index contributed by atoms with van der Waals surface area (Å²) in [5.74, 6) is 0.973. The van der Waals surface area contributed by atoms with Crippen molar-refractivity contribution in [3.63, 3.8) is 0 Å². The minimum Gasteiger partial charge on any atom is -0.303 e. The molecule has 0 aliphatic carbocycles. The molecule has 0 bridgehead atoms. The molecule has 60 valence electrons. The normalized spacial score (nSPS) is 36.3. The molecule has 1 heteroatoms. The highest BCUT2D eigenvalue weighted by Crippen LogP contribution is 2.21. The van der Waals surface area contributed by atoms with Crippen LogP contribution in [-0.4, -0.2) is 24.5 Å². The Hall–Kier alpha value is -0.0400. The summed E-state index contributed by atoms with van der Waals surface area (Å²) in [4.78, 5) is 2.48. The molecular formula is C9H19N. The van der Waals surface area contributed by atoms with Crippen molar-refractivity contribution in [2.24, 2.45) is 5.92 Å². The van der Waals surface area contributed by atoms with Gasteiger partial charge in [0.25, 0.3) is 0 Å². The van der Waals surface area contributed by atoms with Gasteiger partial charge < -0.3 is 4.90 Å². The lowest BCUT2D eigenvalue weighted by Gasteiger charge is -2.34. The predicted molar refractivity (Wildman–Crippen MR) is 45.1 cm³/mol. The van der Waals surface area contributed by atoms with Gasteiger partial charge in [0.15, 0.2) is 0 Å². The van der Waals surface area contributed by atoms with E-state index >= 15 is 0 Å². The van der Waals surface area contributed by atoms with Crippen molar-refractivity contribution in [2.45, 2.75) is 39.2 Å². The highest BCUT2D eigenvalue weighted by atomic mass is 15.1. The maximum absolute atomic E-state index is 2.48. The molecule has 10 heavy (non-hydrogen) atoms. The fourth-order valence-corrected chi connectivity index (χ4v) is 1.71. The number of hydrogen-bond donors (Lipinski definition) is 0. The lowest BCUT2D eigenvalue weighted by molar-refractivity contribution is 0.147. The molecule has 0 saturated carbocycles. The topological polar surface area (TPSA) is 3.24 Å². The molecule has 0 amide bonds. The van der Waals surface area contributed by atoms with Gasteiger partial charge in [-0.25, -0.2) is 0 Å². The molecule has 0 aromatic heterocycles. The van der Waals surface area contributed by atoms with Gasteiger partial charge in [0, 0.05) is 12.6 Å². The molecule has 0 radical (unpaired) electrons. The monoisotopic (exact) mass is 141 g/mol. The van der Waals surface area contributed by atoms with Crippen molar-refractivity contribution in [2.75, 3.05) is 13.6 Å². The predicted octanol–water partition coefficient (Wildman–Crippen LogP) is 2.13. The molecule has 1 aliphatic heterocycles. The molecule has 1 unspecified atom stereocenters. The van der Waals surface area contributed by atoms with E-state index in [2.05, 4.69) is 25.8 Å². The van der Waals surface area contributed by atoms with Crippen molar-refractivity contribution in [3.8, 4) is 0 Å². The second-order valence-electron chi connectivity index (χ2n) is 3.64. The second-order valence-corrected chi connectivity index (χ2v) is 3.64. The standard InChI is InChI=1S/C9H19N/c1-4-9-6-5-8(2)10(3)7-9/h8-9H,4-7H2,1-3H3/t8?,9-/m1/s1. The third kappa shape index (κ3) is 1.72. The average Bonchev–Trinajstić information content (AvgIpc) is 1.95. The molecule has 0 N–H and O–H groups in total. The van der Waals surface area contributed by atoms with Crippen molar-refractivity contribution < 1.29 is 0 Å². The van der Waals surface area contributed by atoms with Crippen LogP contribution in [0.4, 0.5) is 0 Å². The van der Waals surface area contributed by atoms with Gasteiger partial charge in [0.2, 0.25) is 0 Å². The molecule has 0 aromatic rings. The summed E-state index contributed by atoms with van der Waals surface area (Å²) in [6.45, 7) is 5.94. The average molecular weight is 141 g/mol. The van der Waals surface area contributed by atoms with Crippen LogP contribution in [0.3, 0.4) is 0 Å². The van der Waals surface area contributed by atoms with E-state index < -0.39 is 0 Å². The van der Waals surface area contributed by atoms with Crippen LogP contribution in [0, 0.1) is 5.92 Å². The summed E-state index contributed by atoms with van der Waals surface area (Å²) < 4.78 is 0. The molecule has 2 atom stereocenters. The second kappa shape index (κ2) is 3.38. The molecule has 1 aliphatic rings. The summed E-state index contributed by atoms with van der Waals surface area (Å²) in [5, 5.41) is 0. The van der Waals surface area contributed by atoms with Gasteiger partial charge >= 0.3 is 0 Å². The number of piperidine rings is 1. The van der Waals surface area contributed by atoms with Crippen molar-refractivity contribution >= 4 is 0 Å². The Morgan fingerprint density at radius 2 is 2.10 bits per heavy atom. The zero-order valence-electron chi connectivity index (χ0n) is 7.43. The zero-order chi connectivity index (χ0) is 7.56. The maximum atomic E-state index is 2.48. The van der Waals surface area contributed by atoms with E-state index in [1.807, 2.05) is 0 Å². The van der Waals surface area contributed by atoms with E-state index in [4.69, 9.17) is 0 Å². The molecular weight excluding hydrogens is 122 g/mol. The van der Waals surface area contributed by atoms with Gasteiger partial charge in [-0.1, -0.05) is 13.3 Å². The van der Waals surface area contributed by atoms with Crippen LogP contribution in [-0.2, 0) is 0 Å². The van der Waals surface area contributed by atoms with Crippen LogP contribution in [0.5, 0.6) is 0 Å². The number of rotatable bonds is 1. The van der Waals surface area contributed by atoms with Crippen LogP contribution in [0.15, 0.2) is 0 Å². The first-order chi connectivity index (χ1) is 4.74. The molecule has 0 spiro atoms. The summed E-state index contributed by atoms with van der Waals surface area (Å²) in [6.07, 6.45) is 4.20. The zero-order valence-corrected chi connectivity index (χ0v) is 7.43. The van der Waals surface area contributed by atoms with E-state index in [0.717, 1.165) is 12.0 Å². The van der Waals surface area contributed by atoms with E-state index in [1.54, 1.807) is 0 Å². The molecule has 1 heterocycles. The van der Waals surface area contributed by atoms with E-state index in [0.29, 0.717) is 0 Å². The van der Waals surface area contributed by atoms with E-state index in [-0.39, 0.29) is 0 Å². The third-order valence-corrected chi connectivity index (χ3v) is 2.87. The Morgan fingerprint density at radius 1 is 1.40 bits per heavy atom. The number of hydrogen-bond acceptors (Lipinski definition) is 1. The van der Waals surface area contributed by atoms with Crippen molar-refractivity contribution in [1.82, 2.24) is 4.90 Å². The number of nitrogens with zero attached hydrogens (tertiary/aromatic N) is 1. The Bertz CT molecular complexity index is 101. The van der Waals surface area contributed by atoms with Crippen LogP contribution in [0.25, 0.3) is 0 Å². The van der Waals surface area contributed by atoms with E-state index in [9.17, 15) is 0 Å². The maximum Gasteiger partial charge on any atom is 0.00641 e. The van der Waals surface area contributed by atoms with Crippen LogP contribution >= 0.6 is 0 Å². The van der Waals surface area contributed by atoms with Gasteiger partial charge in [0.05, 0.1) is 0 Å². The molecule has 1 nitrogen and oxygen atoms in total. The Morgan fingerprint density at radius 3 is 2.60 bits per heavy atom. The Labute approximate surface area is 64.4 Å². The van der Waals surface area contributed by atoms with E-state index in [1.165, 1.54) is 25.8 Å². The molecule has 1 rings (SSSR count). The highest BCUT2D eigenvalue weighted by Gasteiger charge is 2.20.